The Kier molecular flexibility index (Phi) is 4.35. The van der Waals surface area contributed by atoms with E-state index in [9.17, 15) is 4.79 Å². The van der Waals surface area contributed by atoms with Gasteiger partial charge in [0, 0.05) is 21.1 Å². The van der Waals surface area contributed by atoms with Crippen molar-refractivity contribution in [3.8, 4) is 0 Å². The number of hydrogen-bond acceptors (Lipinski definition) is 3. The Balaban J connectivity index is 2.01. The van der Waals surface area contributed by atoms with E-state index in [-0.39, 0.29) is 5.91 Å². The summed E-state index contributed by atoms with van der Waals surface area (Å²) in [4.78, 5) is 11.9. The molecule has 0 radical (unpaired) electrons. The first-order valence-electron chi connectivity index (χ1n) is 6.62. The summed E-state index contributed by atoms with van der Waals surface area (Å²) in [6.45, 7) is 1.45. The van der Waals surface area contributed by atoms with E-state index in [0.29, 0.717) is 16.5 Å². The molecule has 112 valence electrons. The molecule has 3 rings (SSSR count). The van der Waals surface area contributed by atoms with E-state index in [2.05, 4.69) is 27.7 Å². The molecular weight excluding hydrogens is 415 g/mol. The van der Waals surface area contributed by atoms with Crippen molar-refractivity contribution < 1.29 is 9.53 Å². The predicted molar refractivity (Wildman–Crippen MR) is 93.5 cm³/mol. The summed E-state index contributed by atoms with van der Waals surface area (Å²) < 4.78 is 6.94. The lowest BCUT2D eigenvalue weighted by molar-refractivity contribution is -0.135. The van der Waals surface area contributed by atoms with Crippen molar-refractivity contribution in [2.45, 2.75) is 13.2 Å². The molecule has 0 fully saturated rings. The molecule has 22 heavy (non-hydrogen) atoms. The molecule has 0 N–H and O–H groups in total. The average molecular weight is 427 g/mol. The maximum atomic E-state index is 11.9. The number of benzene rings is 2. The molecule has 2 aromatic rings. The van der Waals surface area contributed by atoms with Crippen LogP contribution >= 0.6 is 34.2 Å². The lowest BCUT2D eigenvalue weighted by atomic mass is 10.2. The predicted octanol–water partition coefficient (Wildman–Crippen LogP) is 4.18. The van der Waals surface area contributed by atoms with Crippen LogP contribution in [-0.2, 0) is 9.53 Å². The highest BCUT2D eigenvalue weighted by Crippen LogP contribution is 2.34. The fourth-order valence-corrected chi connectivity index (χ4v) is 3.03. The topological polar surface area (TPSA) is 41.9 Å². The van der Waals surface area contributed by atoms with Crippen LogP contribution in [0.2, 0.25) is 5.02 Å². The number of carbonyl (C=O) groups excluding carboxylic acids is 1. The quantitative estimate of drug-likeness (QED) is 0.676. The van der Waals surface area contributed by atoms with Crippen molar-refractivity contribution in [2.75, 3.05) is 0 Å². The first-order chi connectivity index (χ1) is 10.6. The highest BCUT2D eigenvalue weighted by molar-refractivity contribution is 14.1. The fourth-order valence-electron chi connectivity index (χ4n) is 2.19. The van der Waals surface area contributed by atoms with Gasteiger partial charge >= 0.3 is 0 Å². The van der Waals surface area contributed by atoms with E-state index in [0.717, 1.165) is 9.13 Å². The van der Waals surface area contributed by atoms with Gasteiger partial charge in [0.2, 0.25) is 18.0 Å². The Morgan fingerprint density at radius 1 is 1.23 bits per heavy atom. The number of rotatable bonds is 2. The lowest BCUT2D eigenvalue weighted by Gasteiger charge is -2.20. The van der Waals surface area contributed by atoms with Crippen LogP contribution in [0.1, 0.15) is 24.3 Å². The van der Waals surface area contributed by atoms with Crippen molar-refractivity contribution in [1.29, 1.82) is 0 Å². The van der Waals surface area contributed by atoms with Crippen LogP contribution in [0.3, 0.4) is 0 Å². The van der Waals surface area contributed by atoms with Gasteiger partial charge in [-0.15, -0.1) is 5.10 Å². The van der Waals surface area contributed by atoms with E-state index >= 15 is 0 Å². The summed E-state index contributed by atoms with van der Waals surface area (Å²) in [5.74, 6) is 0.218. The van der Waals surface area contributed by atoms with Crippen LogP contribution in [0, 0.1) is 3.57 Å². The van der Waals surface area contributed by atoms with Crippen LogP contribution < -0.4 is 0 Å². The first kappa shape index (κ1) is 15.3. The maximum absolute atomic E-state index is 11.9. The minimum Gasteiger partial charge on any atom is -0.446 e. The SMILES string of the molecule is CC(=O)N1N=C(c2ccccc2I)OC1c1ccccc1Cl. The Hall–Kier alpha value is -1.60. The van der Waals surface area contributed by atoms with Gasteiger partial charge in [-0.25, -0.2) is 0 Å². The van der Waals surface area contributed by atoms with Gasteiger partial charge in [-0.3, -0.25) is 4.79 Å². The third-order valence-electron chi connectivity index (χ3n) is 3.24. The molecule has 6 heteroatoms. The minimum atomic E-state index is -0.641. The number of halogens is 2. The van der Waals surface area contributed by atoms with Gasteiger partial charge in [0.15, 0.2) is 0 Å². The molecule has 1 aliphatic heterocycles. The van der Waals surface area contributed by atoms with Gasteiger partial charge in [-0.05, 0) is 40.8 Å². The van der Waals surface area contributed by atoms with Gasteiger partial charge in [0.25, 0.3) is 0 Å². The molecule has 0 aliphatic carbocycles. The average Bonchev–Trinajstić information content (AvgIpc) is 2.93. The molecule has 0 aromatic heterocycles. The highest BCUT2D eigenvalue weighted by Gasteiger charge is 2.34. The minimum absolute atomic E-state index is 0.203. The molecule has 0 spiro atoms. The van der Waals surface area contributed by atoms with E-state index in [1.807, 2.05) is 42.5 Å². The Bertz CT molecular complexity index is 763. The van der Waals surface area contributed by atoms with Crippen molar-refractivity contribution in [3.63, 3.8) is 0 Å². The smallest absolute Gasteiger partial charge is 0.243 e. The summed E-state index contributed by atoms with van der Waals surface area (Å²) in [6.07, 6.45) is -0.641. The number of ether oxygens (including phenoxy) is 1. The van der Waals surface area contributed by atoms with Crippen LogP contribution in [-0.4, -0.2) is 16.8 Å². The highest BCUT2D eigenvalue weighted by atomic mass is 127. The molecule has 1 aliphatic rings. The summed E-state index contributed by atoms with van der Waals surface area (Å²) in [5, 5.41) is 6.19. The third-order valence-corrected chi connectivity index (χ3v) is 4.53. The Morgan fingerprint density at radius 3 is 2.59 bits per heavy atom. The summed E-state index contributed by atoms with van der Waals surface area (Å²) >= 11 is 8.44. The van der Waals surface area contributed by atoms with Crippen molar-refractivity contribution in [3.05, 3.63) is 68.3 Å². The van der Waals surface area contributed by atoms with Gasteiger partial charge in [0.1, 0.15) is 0 Å². The number of nitrogens with zero attached hydrogens (tertiary/aromatic N) is 2. The first-order valence-corrected chi connectivity index (χ1v) is 8.08. The van der Waals surface area contributed by atoms with Gasteiger partial charge < -0.3 is 4.74 Å². The summed E-state index contributed by atoms with van der Waals surface area (Å²) in [6, 6.07) is 15.0. The van der Waals surface area contributed by atoms with Gasteiger partial charge in [0.05, 0.1) is 5.56 Å². The molecular formula is C16H12ClIN2O2. The van der Waals surface area contributed by atoms with Crippen molar-refractivity contribution >= 4 is 46.0 Å². The summed E-state index contributed by atoms with van der Waals surface area (Å²) in [5.41, 5.74) is 1.56. The zero-order valence-corrected chi connectivity index (χ0v) is 14.6. The van der Waals surface area contributed by atoms with Crippen molar-refractivity contribution in [2.24, 2.45) is 5.10 Å². The lowest BCUT2D eigenvalue weighted by Crippen LogP contribution is -2.25. The molecule has 4 nitrogen and oxygen atoms in total. The van der Waals surface area contributed by atoms with Gasteiger partial charge in [-0.2, -0.15) is 5.01 Å². The second kappa shape index (κ2) is 6.26. The Morgan fingerprint density at radius 2 is 1.91 bits per heavy atom. The fraction of sp³-hybridized carbons (Fsp3) is 0.125. The van der Waals surface area contributed by atoms with Crippen LogP contribution in [0.15, 0.2) is 53.6 Å². The molecule has 0 saturated heterocycles. The van der Waals surface area contributed by atoms with Crippen LogP contribution in [0.4, 0.5) is 0 Å². The van der Waals surface area contributed by atoms with Gasteiger partial charge in [-0.1, -0.05) is 41.9 Å². The largest absolute Gasteiger partial charge is 0.446 e. The van der Waals surface area contributed by atoms with Crippen LogP contribution in [0.5, 0.6) is 0 Å². The van der Waals surface area contributed by atoms with Crippen molar-refractivity contribution in [1.82, 2.24) is 5.01 Å². The second-order valence-corrected chi connectivity index (χ2v) is 6.31. The van der Waals surface area contributed by atoms with E-state index < -0.39 is 6.23 Å². The van der Waals surface area contributed by atoms with Crippen LogP contribution in [0.25, 0.3) is 0 Å². The molecule has 1 amide bonds. The molecule has 0 saturated carbocycles. The third kappa shape index (κ3) is 2.83. The maximum Gasteiger partial charge on any atom is 0.243 e. The number of hydrogen-bond donors (Lipinski definition) is 0. The standard InChI is InChI=1S/C16H12ClIN2O2/c1-10(21)20-16(11-6-2-4-8-13(11)17)22-15(19-20)12-7-3-5-9-14(12)18/h2-9,16H,1H3. The zero-order valence-electron chi connectivity index (χ0n) is 11.7. The summed E-state index contributed by atoms with van der Waals surface area (Å²) in [7, 11) is 0. The molecule has 0 bridgehead atoms. The van der Waals surface area contributed by atoms with E-state index in [1.54, 1.807) is 6.07 Å². The number of hydrazone groups is 1. The number of amides is 1. The second-order valence-electron chi connectivity index (χ2n) is 4.74. The normalized spacial score (nSPS) is 17.1. The molecule has 1 unspecified atom stereocenters. The van der Waals surface area contributed by atoms with E-state index in [1.165, 1.54) is 11.9 Å². The molecule has 2 aromatic carbocycles. The number of carbonyl (C=O) groups is 1. The van der Waals surface area contributed by atoms with E-state index in [4.69, 9.17) is 16.3 Å². The molecule has 1 atom stereocenters. The Labute approximate surface area is 146 Å². The monoisotopic (exact) mass is 426 g/mol. The zero-order chi connectivity index (χ0) is 15.7. The molecule has 1 heterocycles.